The first-order valence-electron chi connectivity index (χ1n) is 34.5. The molecule has 0 aliphatic heterocycles. The second kappa shape index (κ2) is 66.1. The minimum atomic E-state index is -0.774. The Kier molecular flexibility index (Phi) is 64.1. The van der Waals surface area contributed by atoms with Gasteiger partial charge in [0.15, 0.2) is 6.10 Å². The Morgan fingerprint density at radius 3 is 0.792 bits per heavy atom. The summed E-state index contributed by atoms with van der Waals surface area (Å²) in [7, 11) is 0. The number of ether oxygens (including phenoxy) is 3. The van der Waals surface area contributed by atoms with E-state index < -0.39 is 6.10 Å². The number of hydrogen-bond donors (Lipinski definition) is 0. The van der Waals surface area contributed by atoms with Crippen LogP contribution in [0.4, 0.5) is 0 Å². The molecular formula is C71H132O6. The topological polar surface area (TPSA) is 78.9 Å². The van der Waals surface area contributed by atoms with Gasteiger partial charge in [0, 0.05) is 19.3 Å². The molecule has 0 saturated carbocycles. The van der Waals surface area contributed by atoms with Crippen LogP contribution in [0.15, 0.2) is 36.5 Å². The van der Waals surface area contributed by atoms with Gasteiger partial charge in [0.1, 0.15) is 13.2 Å². The van der Waals surface area contributed by atoms with E-state index in [4.69, 9.17) is 14.2 Å². The van der Waals surface area contributed by atoms with Gasteiger partial charge < -0.3 is 14.2 Å². The maximum atomic E-state index is 12.9. The van der Waals surface area contributed by atoms with E-state index in [9.17, 15) is 14.4 Å². The molecule has 0 rings (SSSR count). The highest BCUT2D eigenvalue weighted by atomic mass is 16.6. The van der Waals surface area contributed by atoms with Crippen molar-refractivity contribution in [3.63, 3.8) is 0 Å². The highest BCUT2D eigenvalue weighted by Gasteiger charge is 2.19. The van der Waals surface area contributed by atoms with Gasteiger partial charge in [0.2, 0.25) is 0 Å². The summed E-state index contributed by atoms with van der Waals surface area (Å²) < 4.78 is 17.0. The molecule has 0 spiro atoms. The first kappa shape index (κ1) is 74.6. The second-order valence-electron chi connectivity index (χ2n) is 23.4. The largest absolute Gasteiger partial charge is 0.462 e. The number of carbonyl (C=O) groups is 3. The van der Waals surface area contributed by atoms with Gasteiger partial charge in [-0.05, 0) is 51.4 Å². The predicted octanol–water partition coefficient (Wildman–Crippen LogP) is 23.6. The lowest BCUT2D eigenvalue weighted by molar-refractivity contribution is -0.167. The average Bonchev–Trinajstić information content (AvgIpc) is 3.43. The molecule has 1 unspecified atom stereocenters. The van der Waals surface area contributed by atoms with E-state index in [2.05, 4.69) is 57.2 Å². The van der Waals surface area contributed by atoms with E-state index in [1.807, 2.05) is 0 Å². The molecule has 0 aromatic heterocycles. The Balaban J connectivity index is 4.16. The maximum Gasteiger partial charge on any atom is 0.306 e. The SMILES string of the molecule is CC/C=C\C/C=C\C/C=C\CCCCCCCCCC(=O)OC(COC(=O)CCCCCCCCCCCCCCC)COC(=O)CCCCCCCCCCCCCCCCCCCCCCCCCCCCCCC. The molecule has 0 N–H and O–H groups in total. The standard InChI is InChI=1S/C71H132O6/c1-4-7-10-13-16-19-22-25-27-29-30-31-32-33-34-35-36-37-38-39-40-42-43-46-49-52-55-58-61-64-70(73)76-67-68(66-75-69(72)63-60-57-54-51-48-45-24-21-18-15-12-9-6-3)77-71(74)65-62-59-56-53-50-47-44-41-28-26-23-20-17-14-11-8-5-2/h8,11,17,20,26,28,68H,4-7,9-10,12-16,18-19,21-25,27,29-67H2,1-3H3/b11-8-,20-17-,28-26-. The molecule has 0 saturated heterocycles. The van der Waals surface area contributed by atoms with Crippen LogP contribution in [0, 0.1) is 0 Å². The van der Waals surface area contributed by atoms with Gasteiger partial charge in [0.05, 0.1) is 0 Å². The van der Waals surface area contributed by atoms with E-state index in [0.29, 0.717) is 19.3 Å². The van der Waals surface area contributed by atoms with Crippen LogP contribution in [-0.2, 0) is 28.6 Å². The number of rotatable bonds is 64. The summed E-state index contributed by atoms with van der Waals surface area (Å²) in [6, 6.07) is 0. The Bertz CT molecular complexity index is 1290. The zero-order valence-electron chi connectivity index (χ0n) is 52.0. The van der Waals surface area contributed by atoms with Crippen molar-refractivity contribution in [1.82, 2.24) is 0 Å². The molecule has 0 radical (unpaired) electrons. The molecule has 6 nitrogen and oxygen atoms in total. The Morgan fingerprint density at radius 1 is 0.273 bits per heavy atom. The molecule has 452 valence electrons. The van der Waals surface area contributed by atoms with Crippen LogP contribution < -0.4 is 0 Å². The third kappa shape index (κ3) is 64.3. The lowest BCUT2D eigenvalue weighted by Crippen LogP contribution is -2.30. The third-order valence-electron chi connectivity index (χ3n) is 15.7. The van der Waals surface area contributed by atoms with Crippen LogP contribution in [0.25, 0.3) is 0 Å². The van der Waals surface area contributed by atoms with Gasteiger partial charge in [-0.15, -0.1) is 0 Å². The van der Waals surface area contributed by atoms with Crippen molar-refractivity contribution in [1.29, 1.82) is 0 Å². The van der Waals surface area contributed by atoms with Crippen LogP contribution in [0.1, 0.15) is 380 Å². The fraction of sp³-hybridized carbons (Fsp3) is 0.873. The van der Waals surface area contributed by atoms with Gasteiger partial charge in [0.25, 0.3) is 0 Å². The zero-order chi connectivity index (χ0) is 55.7. The quantitative estimate of drug-likeness (QED) is 0.0261. The second-order valence-corrected chi connectivity index (χ2v) is 23.4. The van der Waals surface area contributed by atoms with Crippen molar-refractivity contribution < 1.29 is 28.6 Å². The average molecular weight is 1080 g/mol. The summed E-state index contributed by atoms with van der Waals surface area (Å²) in [4.78, 5) is 38.3. The van der Waals surface area contributed by atoms with Gasteiger partial charge in [-0.25, -0.2) is 0 Å². The van der Waals surface area contributed by atoms with Crippen LogP contribution >= 0.6 is 0 Å². The molecule has 6 heteroatoms. The molecule has 0 fully saturated rings. The Hall–Kier alpha value is -2.37. The molecule has 77 heavy (non-hydrogen) atoms. The zero-order valence-corrected chi connectivity index (χ0v) is 52.0. The van der Waals surface area contributed by atoms with Crippen molar-refractivity contribution in [2.75, 3.05) is 13.2 Å². The Morgan fingerprint density at radius 2 is 0.506 bits per heavy atom. The number of hydrogen-bond acceptors (Lipinski definition) is 6. The van der Waals surface area contributed by atoms with E-state index >= 15 is 0 Å². The monoisotopic (exact) mass is 1080 g/mol. The van der Waals surface area contributed by atoms with E-state index in [-0.39, 0.29) is 31.1 Å². The summed E-state index contributed by atoms with van der Waals surface area (Å²) in [5, 5.41) is 0. The first-order chi connectivity index (χ1) is 38.0. The van der Waals surface area contributed by atoms with Crippen LogP contribution in [0.3, 0.4) is 0 Å². The first-order valence-corrected chi connectivity index (χ1v) is 34.5. The molecule has 0 heterocycles. The van der Waals surface area contributed by atoms with Crippen LogP contribution in [0.5, 0.6) is 0 Å². The number of unbranched alkanes of at least 4 members (excludes halogenated alkanes) is 47. The number of carbonyl (C=O) groups excluding carboxylic acids is 3. The third-order valence-corrected chi connectivity index (χ3v) is 15.7. The summed E-state index contributed by atoms with van der Waals surface area (Å²) >= 11 is 0. The van der Waals surface area contributed by atoms with Crippen molar-refractivity contribution >= 4 is 17.9 Å². The minimum Gasteiger partial charge on any atom is -0.462 e. The summed E-state index contributed by atoms with van der Waals surface area (Å²) in [6.45, 7) is 6.59. The van der Waals surface area contributed by atoms with Crippen LogP contribution in [0.2, 0.25) is 0 Å². The molecule has 1 atom stereocenters. The summed E-state index contributed by atoms with van der Waals surface area (Å²) in [5.74, 6) is -0.854. The molecule has 0 amide bonds. The van der Waals surface area contributed by atoms with Crippen molar-refractivity contribution in [2.45, 2.75) is 386 Å². The predicted molar refractivity (Wildman–Crippen MR) is 335 cm³/mol. The number of allylic oxidation sites excluding steroid dienone is 6. The van der Waals surface area contributed by atoms with E-state index in [1.54, 1.807) is 0 Å². The van der Waals surface area contributed by atoms with Gasteiger partial charge in [-0.2, -0.15) is 0 Å². The molecule has 0 bridgehead atoms. The highest BCUT2D eigenvalue weighted by Crippen LogP contribution is 2.19. The molecule has 0 aromatic carbocycles. The fourth-order valence-corrected chi connectivity index (χ4v) is 10.5. The smallest absolute Gasteiger partial charge is 0.306 e. The lowest BCUT2D eigenvalue weighted by atomic mass is 10.0. The lowest BCUT2D eigenvalue weighted by Gasteiger charge is -2.18. The number of esters is 3. The van der Waals surface area contributed by atoms with Gasteiger partial charge in [-0.1, -0.05) is 346 Å². The van der Waals surface area contributed by atoms with Gasteiger partial charge in [-0.3, -0.25) is 14.4 Å². The van der Waals surface area contributed by atoms with E-state index in [1.165, 1.54) is 257 Å². The van der Waals surface area contributed by atoms with E-state index in [0.717, 1.165) is 83.5 Å². The fourth-order valence-electron chi connectivity index (χ4n) is 10.5. The maximum absolute atomic E-state index is 12.9. The van der Waals surface area contributed by atoms with Gasteiger partial charge >= 0.3 is 17.9 Å². The van der Waals surface area contributed by atoms with Crippen molar-refractivity contribution in [3.8, 4) is 0 Å². The minimum absolute atomic E-state index is 0.0707. The van der Waals surface area contributed by atoms with Crippen molar-refractivity contribution in [2.24, 2.45) is 0 Å². The molecule has 0 aromatic rings. The summed E-state index contributed by atoms with van der Waals surface area (Å²) in [5.41, 5.74) is 0. The molecular weight excluding hydrogens is 949 g/mol. The highest BCUT2D eigenvalue weighted by molar-refractivity contribution is 5.71. The molecule has 0 aliphatic rings. The summed E-state index contributed by atoms with van der Waals surface area (Å²) in [6.07, 6.45) is 81.8. The normalized spacial score (nSPS) is 12.2. The van der Waals surface area contributed by atoms with Crippen molar-refractivity contribution in [3.05, 3.63) is 36.5 Å². The molecule has 0 aliphatic carbocycles. The Labute approximate surface area is 480 Å². The van der Waals surface area contributed by atoms with Crippen LogP contribution in [-0.4, -0.2) is 37.2 Å².